The summed E-state index contributed by atoms with van der Waals surface area (Å²) >= 11 is 0. The summed E-state index contributed by atoms with van der Waals surface area (Å²) in [7, 11) is 3.23. The molecule has 1 N–H and O–H groups in total. The van der Waals surface area contributed by atoms with Crippen molar-refractivity contribution in [3.8, 4) is 11.5 Å². The third-order valence-electron chi connectivity index (χ3n) is 7.73. The van der Waals surface area contributed by atoms with Crippen LogP contribution in [0, 0.1) is 0 Å². The average Bonchev–Trinajstić information content (AvgIpc) is 3.47. The minimum atomic E-state index is -1.10. The number of fused-ring (bicyclic) bond motifs is 2. The quantitative estimate of drug-likeness (QED) is 0.255. The van der Waals surface area contributed by atoms with Crippen molar-refractivity contribution in [1.82, 2.24) is 0 Å². The van der Waals surface area contributed by atoms with Crippen molar-refractivity contribution in [2.75, 3.05) is 27.4 Å². The van der Waals surface area contributed by atoms with E-state index in [1.54, 1.807) is 14.2 Å². The van der Waals surface area contributed by atoms with Crippen LogP contribution in [0.4, 0.5) is 0 Å². The van der Waals surface area contributed by atoms with Crippen molar-refractivity contribution in [3.63, 3.8) is 0 Å². The molecule has 0 amide bonds. The average molecular weight is 563 g/mol. The molecule has 2 heterocycles. The van der Waals surface area contributed by atoms with Crippen molar-refractivity contribution in [3.05, 3.63) is 95.6 Å². The summed E-state index contributed by atoms with van der Waals surface area (Å²) in [5, 5.41) is 9.00. The molecule has 216 valence electrons. The van der Waals surface area contributed by atoms with E-state index in [9.17, 15) is 9.59 Å². The number of hydrogen-bond donors (Lipinski definition) is 1. The van der Waals surface area contributed by atoms with Crippen LogP contribution in [0.1, 0.15) is 36.5 Å². The van der Waals surface area contributed by atoms with Gasteiger partial charge >= 0.3 is 11.9 Å². The molecule has 2 aliphatic heterocycles. The number of benzene rings is 3. The van der Waals surface area contributed by atoms with Gasteiger partial charge in [-0.2, -0.15) is 0 Å². The molecule has 2 aliphatic rings. The zero-order chi connectivity index (χ0) is 29.0. The predicted octanol–water partition coefficient (Wildman–Crippen LogP) is 4.35. The Balaban J connectivity index is 1.56. The normalized spacial score (nSPS) is 23.2. The lowest BCUT2D eigenvalue weighted by atomic mass is 9.79. The number of carboxylic acids is 1. The lowest BCUT2D eigenvalue weighted by Gasteiger charge is -2.39. The van der Waals surface area contributed by atoms with E-state index in [0.29, 0.717) is 11.5 Å². The molecule has 0 saturated carbocycles. The predicted molar refractivity (Wildman–Crippen MR) is 148 cm³/mol. The van der Waals surface area contributed by atoms with E-state index in [1.165, 1.54) is 0 Å². The Labute approximate surface area is 238 Å². The number of hydrogen-bond acceptors (Lipinski definition) is 8. The Kier molecular flexibility index (Phi) is 8.30. The SMILES string of the molecule is COc1ccc(C(OC[C@@]23COC([C@H](C)O2)[C@H]3OC(=O)CCC(=O)O)(c2ccccc2)c2ccc(OC)cc2)cc1. The molecule has 3 aromatic carbocycles. The molecule has 2 saturated heterocycles. The maximum atomic E-state index is 12.6. The number of esters is 1. The molecule has 3 aromatic rings. The fourth-order valence-electron chi connectivity index (χ4n) is 5.67. The van der Waals surface area contributed by atoms with Gasteiger partial charge in [0, 0.05) is 0 Å². The lowest BCUT2D eigenvalue weighted by Crippen LogP contribution is -2.49. The van der Waals surface area contributed by atoms with E-state index in [4.69, 9.17) is 33.5 Å². The topological polar surface area (TPSA) is 110 Å². The van der Waals surface area contributed by atoms with Gasteiger partial charge in [-0.15, -0.1) is 0 Å². The summed E-state index contributed by atoms with van der Waals surface area (Å²) in [6, 6.07) is 25.2. The molecule has 4 atom stereocenters. The number of carbonyl (C=O) groups is 2. The van der Waals surface area contributed by atoms with Crippen LogP contribution in [-0.2, 0) is 34.1 Å². The molecule has 0 radical (unpaired) electrons. The first-order valence-electron chi connectivity index (χ1n) is 13.5. The maximum Gasteiger partial charge on any atom is 0.306 e. The Bertz CT molecular complexity index is 1290. The van der Waals surface area contributed by atoms with Crippen LogP contribution in [-0.4, -0.2) is 68.4 Å². The molecule has 2 fully saturated rings. The Morgan fingerprint density at radius 3 is 1.95 bits per heavy atom. The lowest BCUT2D eigenvalue weighted by molar-refractivity contribution is -0.184. The summed E-state index contributed by atoms with van der Waals surface area (Å²) in [5.74, 6) is -0.272. The van der Waals surface area contributed by atoms with Crippen LogP contribution >= 0.6 is 0 Å². The van der Waals surface area contributed by atoms with Crippen molar-refractivity contribution in [2.45, 2.75) is 49.3 Å². The Morgan fingerprint density at radius 1 is 0.878 bits per heavy atom. The van der Waals surface area contributed by atoms with Crippen molar-refractivity contribution in [2.24, 2.45) is 0 Å². The second kappa shape index (κ2) is 11.9. The van der Waals surface area contributed by atoms with Crippen LogP contribution in [0.5, 0.6) is 11.5 Å². The van der Waals surface area contributed by atoms with E-state index < -0.39 is 35.3 Å². The highest BCUT2D eigenvalue weighted by Crippen LogP contribution is 2.47. The third kappa shape index (κ3) is 5.53. The highest BCUT2D eigenvalue weighted by Gasteiger charge is 2.63. The van der Waals surface area contributed by atoms with Gasteiger partial charge in [0.2, 0.25) is 0 Å². The molecule has 41 heavy (non-hydrogen) atoms. The fraction of sp³-hybridized carbons (Fsp3) is 0.375. The summed E-state index contributed by atoms with van der Waals surface area (Å²) in [4.78, 5) is 23.6. The number of methoxy groups -OCH3 is 2. The van der Waals surface area contributed by atoms with Gasteiger partial charge < -0.3 is 33.5 Å². The standard InChI is InChI=1S/C32H34O9/c1-21-29-30(40-28(35)18-17-27(33)34)31(41-21,19-38-29)20-39-32(22-7-5-4-6-8-22,23-9-13-25(36-2)14-10-23)24-11-15-26(37-3)16-12-24/h4-16,21,29-30H,17-20H2,1-3H3,(H,33,34)/t21-,29?,30+,31+/m0/s1. The molecular formula is C32H34O9. The summed E-state index contributed by atoms with van der Waals surface area (Å²) < 4.78 is 36.1. The molecule has 9 nitrogen and oxygen atoms in total. The van der Waals surface area contributed by atoms with Crippen LogP contribution in [0.3, 0.4) is 0 Å². The van der Waals surface area contributed by atoms with Crippen molar-refractivity contribution < 1.29 is 43.1 Å². The van der Waals surface area contributed by atoms with Gasteiger partial charge in [0.1, 0.15) is 23.2 Å². The summed E-state index contributed by atoms with van der Waals surface area (Å²) in [6.45, 7) is 2.05. The van der Waals surface area contributed by atoms with Gasteiger partial charge in [-0.05, 0) is 47.9 Å². The second-order valence-corrected chi connectivity index (χ2v) is 10.3. The number of ether oxygens (including phenoxy) is 6. The van der Waals surface area contributed by atoms with Crippen LogP contribution in [0.15, 0.2) is 78.9 Å². The monoisotopic (exact) mass is 562 g/mol. The zero-order valence-electron chi connectivity index (χ0n) is 23.3. The number of aliphatic carboxylic acids is 1. The van der Waals surface area contributed by atoms with Gasteiger partial charge in [-0.25, -0.2) is 0 Å². The van der Waals surface area contributed by atoms with Gasteiger partial charge in [0.25, 0.3) is 0 Å². The molecule has 0 aromatic heterocycles. The first kappa shape index (κ1) is 28.6. The largest absolute Gasteiger partial charge is 0.497 e. The van der Waals surface area contributed by atoms with Gasteiger partial charge in [0.15, 0.2) is 11.7 Å². The van der Waals surface area contributed by atoms with Gasteiger partial charge in [-0.1, -0.05) is 54.6 Å². The number of rotatable bonds is 12. The van der Waals surface area contributed by atoms with E-state index in [0.717, 1.165) is 16.7 Å². The van der Waals surface area contributed by atoms with Gasteiger partial charge in [-0.3, -0.25) is 9.59 Å². The summed E-state index contributed by atoms with van der Waals surface area (Å²) in [6.07, 6.45) is -2.14. The number of carboxylic acid groups (broad SMARTS) is 1. The highest BCUT2D eigenvalue weighted by molar-refractivity contribution is 5.76. The molecule has 5 rings (SSSR count). The van der Waals surface area contributed by atoms with Crippen LogP contribution in [0.2, 0.25) is 0 Å². The molecule has 0 aliphatic carbocycles. The molecular weight excluding hydrogens is 528 g/mol. The summed E-state index contributed by atoms with van der Waals surface area (Å²) in [5.41, 5.74) is 0.398. The minimum Gasteiger partial charge on any atom is -0.497 e. The highest BCUT2D eigenvalue weighted by atomic mass is 16.7. The molecule has 0 spiro atoms. The Morgan fingerprint density at radius 2 is 1.44 bits per heavy atom. The molecule has 1 unspecified atom stereocenters. The van der Waals surface area contributed by atoms with Crippen LogP contribution in [0.25, 0.3) is 0 Å². The molecule has 9 heteroatoms. The smallest absolute Gasteiger partial charge is 0.306 e. The first-order chi connectivity index (χ1) is 19.8. The van der Waals surface area contributed by atoms with E-state index in [2.05, 4.69) is 0 Å². The zero-order valence-corrected chi connectivity index (χ0v) is 23.3. The minimum absolute atomic E-state index is 0.0255. The van der Waals surface area contributed by atoms with E-state index >= 15 is 0 Å². The third-order valence-corrected chi connectivity index (χ3v) is 7.73. The van der Waals surface area contributed by atoms with E-state index in [-0.39, 0.29) is 32.2 Å². The van der Waals surface area contributed by atoms with Crippen molar-refractivity contribution >= 4 is 11.9 Å². The maximum absolute atomic E-state index is 12.6. The van der Waals surface area contributed by atoms with Crippen molar-refractivity contribution in [1.29, 1.82) is 0 Å². The first-order valence-corrected chi connectivity index (χ1v) is 13.5. The van der Waals surface area contributed by atoms with E-state index in [1.807, 2.05) is 85.8 Å². The second-order valence-electron chi connectivity index (χ2n) is 10.3. The number of carbonyl (C=O) groups excluding carboxylic acids is 1. The Hall–Kier alpha value is -3.92. The molecule has 2 bridgehead atoms. The van der Waals surface area contributed by atoms with Crippen LogP contribution < -0.4 is 9.47 Å². The fourth-order valence-corrected chi connectivity index (χ4v) is 5.67. The van der Waals surface area contributed by atoms with Gasteiger partial charge in [0.05, 0.1) is 46.4 Å².